The van der Waals surface area contributed by atoms with E-state index in [9.17, 15) is 5.11 Å². The first-order valence-corrected chi connectivity index (χ1v) is 7.91. The number of likely N-dealkylation sites (tertiary alicyclic amines) is 1. The molecule has 3 unspecified atom stereocenters. The van der Waals surface area contributed by atoms with Crippen molar-refractivity contribution in [1.82, 2.24) is 4.90 Å². The number of rotatable bonds is 4. The van der Waals surface area contributed by atoms with E-state index in [4.69, 9.17) is 4.74 Å². The summed E-state index contributed by atoms with van der Waals surface area (Å²) in [5.74, 6) is 0. The molecule has 20 heavy (non-hydrogen) atoms. The summed E-state index contributed by atoms with van der Waals surface area (Å²) in [6, 6.07) is 8.54. The van der Waals surface area contributed by atoms with Crippen LogP contribution < -0.4 is 0 Å². The highest BCUT2D eigenvalue weighted by molar-refractivity contribution is 5.35. The van der Waals surface area contributed by atoms with E-state index >= 15 is 0 Å². The van der Waals surface area contributed by atoms with Crippen LogP contribution in [0.1, 0.15) is 43.4 Å². The van der Waals surface area contributed by atoms with E-state index in [2.05, 4.69) is 30.0 Å². The van der Waals surface area contributed by atoms with Crippen molar-refractivity contribution in [2.75, 3.05) is 19.7 Å². The number of hydrogen-bond donors (Lipinski definition) is 1. The summed E-state index contributed by atoms with van der Waals surface area (Å²) < 4.78 is 5.91. The number of aliphatic hydroxyl groups is 1. The van der Waals surface area contributed by atoms with Gasteiger partial charge in [-0.1, -0.05) is 31.2 Å². The molecular weight excluding hydrogens is 250 g/mol. The second kappa shape index (κ2) is 6.25. The summed E-state index contributed by atoms with van der Waals surface area (Å²) in [7, 11) is 0. The van der Waals surface area contributed by atoms with E-state index in [0.29, 0.717) is 6.10 Å². The Morgan fingerprint density at radius 3 is 3.00 bits per heavy atom. The summed E-state index contributed by atoms with van der Waals surface area (Å²) >= 11 is 0. The minimum Gasteiger partial charge on any atom is -0.387 e. The molecule has 1 saturated heterocycles. The summed E-state index contributed by atoms with van der Waals surface area (Å²) in [5.41, 5.74) is 2.43. The van der Waals surface area contributed by atoms with Crippen LogP contribution in [0.3, 0.4) is 0 Å². The van der Waals surface area contributed by atoms with E-state index < -0.39 is 0 Å². The number of nitrogens with zero attached hydrogens (tertiary/aromatic N) is 1. The third-order valence-corrected chi connectivity index (χ3v) is 4.60. The first kappa shape index (κ1) is 14.1. The lowest BCUT2D eigenvalue weighted by atomic mass is 10.0. The van der Waals surface area contributed by atoms with Gasteiger partial charge in [0, 0.05) is 19.2 Å². The molecule has 3 heteroatoms. The van der Waals surface area contributed by atoms with Crippen LogP contribution in [0.15, 0.2) is 24.3 Å². The Kier molecular flexibility index (Phi) is 4.39. The van der Waals surface area contributed by atoms with E-state index in [0.717, 1.165) is 44.5 Å². The molecule has 2 aliphatic rings. The molecule has 3 atom stereocenters. The molecule has 3 rings (SSSR count). The zero-order chi connectivity index (χ0) is 13.9. The normalized spacial score (nSPS) is 30.4. The van der Waals surface area contributed by atoms with Crippen molar-refractivity contribution in [1.29, 1.82) is 0 Å². The van der Waals surface area contributed by atoms with Gasteiger partial charge in [-0.25, -0.2) is 0 Å². The molecule has 0 bridgehead atoms. The minimum atomic E-state index is -0.337. The monoisotopic (exact) mass is 275 g/mol. The zero-order valence-electron chi connectivity index (χ0n) is 12.3. The Morgan fingerprint density at radius 1 is 1.35 bits per heavy atom. The summed E-state index contributed by atoms with van der Waals surface area (Å²) in [5, 5.41) is 10.6. The number of piperidine rings is 1. The first-order valence-electron chi connectivity index (χ1n) is 7.91. The topological polar surface area (TPSA) is 32.7 Å². The van der Waals surface area contributed by atoms with Crippen LogP contribution in [0.2, 0.25) is 0 Å². The molecule has 0 aromatic heterocycles. The highest BCUT2D eigenvalue weighted by Crippen LogP contribution is 2.35. The summed E-state index contributed by atoms with van der Waals surface area (Å²) in [6.07, 6.45) is 4.39. The van der Waals surface area contributed by atoms with Gasteiger partial charge in [0.25, 0.3) is 0 Å². The van der Waals surface area contributed by atoms with Crippen LogP contribution in [-0.4, -0.2) is 41.8 Å². The molecule has 1 aliphatic heterocycles. The largest absolute Gasteiger partial charge is 0.387 e. The van der Waals surface area contributed by atoms with Crippen molar-refractivity contribution in [2.24, 2.45) is 0 Å². The Balaban J connectivity index is 1.65. The standard InChI is InChI=1S/C17H25NO2/c1-2-10-20-14-7-5-9-18(12-14)16-11-13-6-3-4-8-15(13)17(16)19/h3-4,6,8,14,16-17,19H,2,5,7,9-12H2,1H3. The third kappa shape index (κ3) is 2.76. The number of hydrogen-bond acceptors (Lipinski definition) is 3. The Labute approximate surface area is 121 Å². The van der Waals surface area contributed by atoms with Gasteiger partial charge in [-0.3, -0.25) is 4.90 Å². The molecule has 1 aromatic carbocycles. The van der Waals surface area contributed by atoms with Gasteiger partial charge >= 0.3 is 0 Å². The van der Waals surface area contributed by atoms with Crippen LogP contribution >= 0.6 is 0 Å². The molecule has 1 aromatic rings. The van der Waals surface area contributed by atoms with Crippen LogP contribution in [-0.2, 0) is 11.2 Å². The van der Waals surface area contributed by atoms with E-state index in [1.807, 2.05) is 6.07 Å². The van der Waals surface area contributed by atoms with Gasteiger partial charge in [-0.05, 0) is 43.4 Å². The van der Waals surface area contributed by atoms with Crippen molar-refractivity contribution in [3.63, 3.8) is 0 Å². The highest BCUT2D eigenvalue weighted by Gasteiger charge is 2.36. The number of ether oxygens (including phenoxy) is 1. The molecule has 3 nitrogen and oxygen atoms in total. The van der Waals surface area contributed by atoms with E-state index in [1.165, 1.54) is 12.0 Å². The lowest BCUT2D eigenvalue weighted by Crippen LogP contribution is -2.47. The maximum absolute atomic E-state index is 10.6. The lowest BCUT2D eigenvalue weighted by molar-refractivity contribution is -0.0323. The predicted octanol–water partition coefficient (Wildman–Crippen LogP) is 2.54. The van der Waals surface area contributed by atoms with E-state index in [-0.39, 0.29) is 12.1 Å². The highest BCUT2D eigenvalue weighted by atomic mass is 16.5. The van der Waals surface area contributed by atoms with Gasteiger partial charge in [0.1, 0.15) is 0 Å². The number of fused-ring (bicyclic) bond motifs is 1. The van der Waals surface area contributed by atoms with Crippen molar-refractivity contribution < 1.29 is 9.84 Å². The average Bonchev–Trinajstić information content (AvgIpc) is 2.83. The third-order valence-electron chi connectivity index (χ3n) is 4.60. The fraction of sp³-hybridized carbons (Fsp3) is 0.647. The summed E-state index contributed by atoms with van der Waals surface area (Å²) in [6.45, 7) is 5.06. The quantitative estimate of drug-likeness (QED) is 0.916. The van der Waals surface area contributed by atoms with Crippen LogP contribution in [0, 0.1) is 0 Å². The lowest BCUT2D eigenvalue weighted by Gasteiger charge is -2.38. The average molecular weight is 275 g/mol. The molecular formula is C17H25NO2. The summed E-state index contributed by atoms with van der Waals surface area (Å²) in [4.78, 5) is 2.44. The molecule has 0 amide bonds. The molecule has 1 heterocycles. The molecule has 1 fully saturated rings. The van der Waals surface area contributed by atoms with Crippen LogP contribution in [0.5, 0.6) is 0 Å². The van der Waals surface area contributed by atoms with Crippen molar-refractivity contribution in [3.8, 4) is 0 Å². The van der Waals surface area contributed by atoms with Crippen molar-refractivity contribution >= 4 is 0 Å². The van der Waals surface area contributed by atoms with Gasteiger partial charge in [0.05, 0.1) is 12.2 Å². The number of aliphatic hydroxyl groups excluding tert-OH is 1. The van der Waals surface area contributed by atoms with Gasteiger partial charge in [0.15, 0.2) is 0 Å². The Bertz CT molecular complexity index is 448. The molecule has 1 N–H and O–H groups in total. The molecule has 110 valence electrons. The Morgan fingerprint density at radius 2 is 2.20 bits per heavy atom. The molecule has 0 saturated carbocycles. The fourth-order valence-corrected chi connectivity index (χ4v) is 3.57. The zero-order valence-corrected chi connectivity index (χ0v) is 12.3. The van der Waals surface area contributed by atoms with Crippen LogP contribution in [0.4, 0.5) is 0 Å². The predicted molar refractivity (Wildman–Crippen MR) is 79.7 cm³/mol. The van der Waals surface area contributed by atoms with Gasteiger partial charge in [-0.2, -0.15) is 0 Å². The second-order valence-electron chi connectivity index (χ2n) is 6.05. The van der Waals surface area contributed by atoms with E-state index in [1.54, 1.807) is 0 Å². The van der Waals surface area contributed by atoms with Crippen LogP contribution in [0.25, 0.3) is 0 Å². The SMILES string of the molecule is CCCOC1CCCN(C2Cc3ccccc3C2O)C1. The second-order valence-corrected chi connectivity index (χ2v) is 6.05. The smallest absolute Gasteiger partial charge is 0.0951 e. The van der Waals surface area contributed by atoms with Gasteiger partial charge in [-0.15, -0.1) is 0 Å². The number of benzene rings is 1. The first-order chi connectivity index (χ1) is 9.79. The van der Waals surface area contributed by atoms with Crippen molar-refractivity contribution in [2.45, 2.75) is 50.9 Å². The molecule has 1 aliphatic carbocycles. The van der Waals surface area contributed by atoms with Gasteiger partial charge < -0.3 is 9.84 Å². The maximum atomic E-state index is 10.6. The molecule has 0 radical (unpaired) electrons. The molecule has 0 spiro atoms. The Hall–Kier alpha value is -0.900. The minimum absolute atomic E-state index is 0.237. The maximum Gasteiger partial charge on any atom is 0.0951 e. The fourth-order valence-electron chi connectivity index (χ4n) is 3.57. The van der Waals surface area contributed by atoms with Gasteiger partial charge in [0.2, 0.25) is 0 Å². The van der Waals surface area contributed by atoms with Crippen molar-refractivity contribution in [3.05, 3.63) is 35.4 Å².